The maximum absolute atomic E-state index is 6.23. The van der Waals surface area contributed by atoms with Crippen molar-refractivity contribution in [3.05, 3.63) is 18.2 Å². The van der Waals surface area contributed by atoms with Crippen molar-refractivity contribution in [2.45, 2.75) is 57.2 Å². The summed E-state index contributed by atoms with van der Waals surface area (Å²) in [4.78, 5) is 2.58. The predicted molar refractivity (Wildman–Crippen MR) is 87.9 cm³/mol. The molecule has 0 spiro atoms. The third-order valence-electron chi connectivity index (χ3n) is 5.07. The molecule has 2 heterocycles. The fourth-order valence-corrected chi connectivity index (χ4v) is 3.90. The number of rotatable bonds is 4. The summed E-state index contributed by atoms with van der Waals surface area (Å²) in [5, 5.41) is 3.67. The van der Waals surface area contributed by atoms with Gasteiger partial charge in [0.05, 0.1) is 18.0 Å². The van der Waals surface area contributed by atoms with Gasteiger partial charge in [0.15, 0.2) is 0 Å². The molecule has 2 aliphatic rings. The summed E-state index contributed by atoms with van der Waals surface area (Å²) in [6, 6.07) is 7.99. The molecular weight excluding hydrogens is 262 g/mol. The lowest BCUT2D eigenvalue weighted by Gasteiger charge is -2.47. The molecule has 4 heteroatoms. The third kappa shape index (κ3) is 2.95. The van der Waals surface area contributed by atoms with Crippen LogP contribution in [0.5, 0.6) is 5.75 Å². The first-order valence-corrected chi connectivity index (χ1v) is 8.18. The van der Waals surface area contributed by atoms with Gasteiger partial charge in [-0.3, -0.25) is 0 Å². The topological polar surface area (TPSA) is 50.5 Å². The molecule has 3 N–H and O–H groups in total. The van der Waals surface area contributed by atoms with Gasteiger partial charge in [0, 0.05) is 18.1 Å². The van der Waals surface area contributed by atoms with Crippen molar-refractivity contribution < 1.29 is 4.74 Å². The highest BCUT2D eigenvalue weighted by atomic mass is 16.5. The normalized spacial score (nSPS) is 29.1. The number of benzene rings is 1. The number of fused-ring (bicyclic) bond motifs is 2. The lowest BCUT2D eigenvalue weighted by molar-refractivity contribution is 0.0608. The molecule has 0 saturated carbocycles. The van der Waals surface area contributed by atoms with Crippen molar-refractivity contribution in [2.24, 2.45) is 0 Å². The van der Waals surface area contributed by atoms with Crippen molar-refractivity contribution in [1.29, 1.82) is 0 Å². The van der Waals surface area contributed by atoms with Gasteiger partial charge in [-0.15, -0.1) is 0 Å². The minimum Gasteiger partial charge on any atom is -0.492 e. The monoisotopic (exact) mass is 289 g/mol. The molecule has 2 saturated heterocycles. The fourth-order valence-electron chi connectivity index (χ4n) is 3.90. The quantitative estimate of drug-likeness (QED) is 0.836. The number of hydrogen-bond acceptors (Lipinski definition) is 4. The average Bonchev–Trinajstić information content (AvgIpc) is 2.44. The summed E-state index contributed by atoms with van der Waals surface area (Å²) >= 11 is 0. The van der Waals surface area contributed by atoms with E-state index in [2.05, 4.69) is 23.3 Å². The summed E-state index contributed by atoms with van der Waals surface area (Å²) in [5.74, 6) is 0.788. The van der Waals surface area contributed by atoms with Gasteiger partial charge in [-0.2, -0.15) is 0 Å². The molecule has 2 bridgehead atoms. The van der Waals surface area contributed by atoms with Crippen molar-refractivity contribution in [2.75, 3.05) is 24.7 Å². The average molecular weight is 289 g/mol. The summed E-state index contributed by atoms with van der Waals surface area (Å²) < 4.78 is 5.58. The number of hydrogen-bond donors (Lipinski definition) is 2. The van der Waals surface area contributed by atoms with Crippen molar-refractivity contribution in [3.63, 3.8) is 0 Å². The van der Waals surface area contributed by atoms with Gasteiger partial charge in [0.1, 0.15) is 5.75 Å². The predicted octanol–water partition coefficient (Wildman–Crippen LogP) is 3.09. The van der Waals surface area contributed by atoms with E-state index < -0.39 is 0 Å². The van der Waals surface area contributed by atoms with Gasteiger partial charge in [0.2, 0.25) is 0 Å². The number of para-hydroxylation sites is 1. The number of nitrogens with zero attached hydrogens (tertiary/aromatic N) is 1. The van der Waals surface area contributed by atoms with E-state index in [0.717, 1.165) is 29.2 Å². The first-order chi connectivity index (χ1) is 10.2. The molecule has 21 heavy (non-hydrogen) atoms. The van der Waals surface area contributed by atoms with Crippen LogP contribution in [-0.4, -0.2) is 36.7 Å². The molecular formula is C17H27N3O. The first kappa shape index (κ1) is 14.5. The Morgan fingerprint density at radius 2 is 2.00 bits per heavy atom. The molecule has 2 fully saturated rings. The molecule has 4 nitrogen and oxygen atoms in total. The Hall–Kier alpha value is -1.42. The lowest BCUT2D eigenvalue weighted by Crippen LogP contribution is -2.52. The Balaban J connectivity index is 1.71. The van der Waals surface area contributed by atoms with Crippen LogP contribution in [0.4, 0.5) is 11.4 Å². The Bertz CT molecular complexity index is 477. The molecule has 3 rings (SSSR count). The molecule has 2 aliphatic heterocycles. The standard InChI is InChI=1S/C17H27N3O/c1-3-21-16-9-5-8-15(17(16)18)19-12-10-13-6-4-7-14(11-12)20(13)2/h5,8-9,12-14,19H,3-4,6-7,10-11,18H2,1-2H3. The van der Waals surface area contributed by atoms with Crippen LogP contribution in [-0.2, 0) is 0 Å². The van der Waals surface area contributed by atoms with E-state index in [1.54, 1.807) is 0 Å². The Kier molecular flexibility index (Phi) is 4.24. The fraction of sp³-hybridized carbons (Fsp3) is 0.647. The van der Waals surface area contributed by atoms with Crippen LogP contribution in [0.2, 0.25) is 0 Å². The first-order valence-electron chi connectivity index (χ1n) is 8.18. The summed E-state index contributed by atoms with van der Waals surface area (Å²) in [5.41, 5.74) is 7.99. The van der Waals surface area contributed by atoms with Gasteiger partial charge < -0.3 is 20.7 Å². The Morgan fingerprint density at radius 3 is 2.67 bits per heavy atom. The van der Waals surface area contributed by atoms with Crippen LogP contribution in [0.15, 0.2) is 18.2 Å². The minimum absolute atomic E-state index is 0.524. The highest BCUT2D eigenvalue weighted by molar-refractivity contribution is 5.73. The van der Waals surface area contributed by atoms with Gasteiger partial charge in [-0.1, -0.05) is 12.5 Å². The van der Waals surface area contributed by atoms with E-state index in [0.29, 0.717) is 12.6 Å². The molecule has 0 aliphatic carbocycles. The maximum Gasteiger partial charge on any atom is 0.144 e. The van der Waals surface area contributed by atoms with Crippen LogP contribution >= 0.6 is 0 Å². The molecule has 0 aromatic heterocycles. The van der Waals surface area contributed by atoms with Crippen LogP contribution in [0.3, 0.4) is 0 Å². The minimum atomic E-state index is 0.524. The SMILES string of the molecule is CCOc1cccc(NC2CC3CCCC(C2)N3C)c1N. The lowest BCUT2D eigenvalue weighted by atomic mass is 9.82. The highest BCUT2D eigenvalue weighted by Gasteiger charge is 2.36. The van der Waals surface area contributed by atoms with Gasteiger partial charge in [0.25, 0.3) is 0 Å². The van der Waals surface area contributed by atoms with Gasteiger partial charge in [-0.05, 0) is 51.8 Å². The molecule has 0 amide bonds. The van der Waals surface area contributed by atoms with Crippen molar-refractivity contribution in [1.82, 2.24) is 4.90 Å². The molecule has 0 radical (unpaired) electrons. The van der Waals surface area contributed by atoms with Gasteiger partial charge >= 0.3 is 0 Å². The third-order valence-corrected chi connectivity index (χ3v) is 5.07. The van der Waals surface area contributed by atoms with Crippen LogP contribution < -0.4 is 15.8 Å². The van der Waals surface area contributed by atoms with E-state index in [1.807, 2.05) is 19.1 Å². The Labute approximate surface area is 127 Å². The smallest absolute Gasteiger partial charge is 0.144 e. The number of piperidine rings is 2. The van der Waals surface area contributed by atoms with E-state index in [4.69, 9.17) is 10.5 Å². The van der Waals surface area contributed by atoms with E-state index in [9.17, 15) is 0 Å². The van der Waals surface area contributed by atoms with Crippen LogP contribution in [0.1, 0.15) is 39.0 Å². The summed E-state index contributed by atoms with van der Waals surface area (Å²) in [6.45, 7) is 2.63. The van der Waals surface area contributed by atoms with Gasteiger partial charge in [-0.25, -0.2) is 0 Å². The Morgan fingerprint density at radius 1 is 1.29 bits per heavy atom. The number of nitrogens with one attached hydrogen (secondary N) is 1. The number of anilines is 2. The molecule has 1 aromatic carbocycles. The number of ether oxygens (including phenoxy) is 1. The largest absolute Gasteiger partial charge is 0.492 e. The summed E-state index contributed by atoms with van der Waals surface area (Å²) in [7, 11) is 2.29. The second-order valence-corrected chi connectivity index (χ2v) is 6.37. The van der Waals surface area contributed by atoms with E-state index in [-0.39, 0.29) is 0 Å². The van der Waals surface area contributed by atoms with Crippen LogP contribution in [0.25, 0.3) is 0 Å². The number of nitrogen functional groups attached to an aromatic ring is 1. The molecule has 1 aromatic rings. The second-order valence-electron chi connectivity index (χ2n) is 6.37. The second kappa shape index (κ2) is 6.14. The summed E-state index contributed by atoms with van der Waals surface area (Å²) in [6.07, 6.45) is 6.48. The zero-order chi connectivity index (χ0) is 14.8. The zero-order valence-corrected chi connectivity index (χ0v) is 13.1. The van der Waals surface area contributed by atoms with E-state index in [1.165, 1.54) is 32.1 Å². The van der Waals surface area contributed by atoms with E-state index >= 15 is 0 Å². The highest BCUT2D eigenvalue weighted by Crippen LogP contribution is 2.36. The molecule has 2 atom stereocenters. The zero-order valence-electron chi connectivity index (χ0n) is 13.1. The maximum atomic E-state index is 6.23. The number of nitrogens with two attached hydrogens (primary N) is 1. The van der Waals surface area contributed by atoms with Crippen molar-refractivity contribution >= 4 is 11.4 Å². The molecule has 116 valence electrons. The molecule has 2 unspecified atom stereocenters. The van der Waals surface area contributed by atoms with Crippen molar-refractivity contribution in [3.8, 4) is 5.75 Å². The van der Waals surface area contributed by atoms with Crippen LogP contribution in [0, 0.1) is 0 Å².